The van der Waals surface area contributed by atoms with Gasteiger partial charge in [-0.15, -0.1) is 0 Å². The van der Waals surface area contributed by atoms with Crippen LogP contribution in [0.15, 0.2) is 30.5 Å². The van der Waals surface area contributed by atoms with Gasteiger partial charge in [-0.05, 0) is 24.1 Å². The molecular weight excluding hydrogens is 271 g/mol. The molecule has 108 valence electrons. The van der Waals surface area contributed by atoms with Crippen molar-refractivity contribution in [2.75, 3.05) is 24.2 Å². The minimum absolute atomic E-state index is 0.221. The molecule has 21 heavy (non-hydrogen) atoms. The van der Waals surface area contributed by atoms with Crippen LogP contribution in [0.3, 0.4) is 0 Å². The van der Waals surface area contributed by atoms with Crippen molar-refractivity contribution in [3.63, 3.8) is 0 Å². The molecule has 0 unspecified atom stereocenters. The Kier molecular flexibility index (Phi) is 3.63. The first-order valence-corrected chi connectivity index (χ1v) is 6.63. The van der Waals surface area contributed by atoms with Crippen molar-refractivity contribution < 1.29 is 4.39 Å². The fraction of sp³-hybridized carbons (Fsp3) is 0.214. The summed E-state index contributed by atoms with van der Waals surface area (Å²) < 4.78 is 12.8. The molecule has 0 saturated heterocycles. The molecule has 0 atom stereocenters. The maximum atomic E-state index is 12.8. The topological polar surface area (TPSA) is 78.5 Å². The molecule has 0 radical (unpaired) electrons. The van der Waals surface area contributed by atoms with E-state index in [4.69, 9.17) is 0 Å². The number of rotatable bonds is 5. The molecule has 0 spiro atoms. The Morgan fingerprint density at radius 1 is 1.19 bits per heavy atom. The zero-order valence-electron chi connectivity index (χ0n) is 11.5. The number of anilines is 2. The third kappa shape index (κ3) is 2.91. The van der Waals surface area contributed by atoms with Crippen molar-refractivity contribution in [1.29, 1.82) is 0 Å². The van der Waals surface area contributed by atoms with Crippen LogP contribution in [-0.4, -0.2) is 33.8 Å². The first-order chi connectivity index (χ1) is 10.3. The van der Waals surface area contributed by atoms with Gasteiger partial charge in [-0.25, -0.2) is 4.39 Å². The van der Waals surface area contributed by atoms with E-state index in [0.717, 1.165) is 23.2 Å². The Morgan fingerprint density at radius 3 is 2.76 bits per heavy atom. The van der Waals surface area contributed by atoms with Crippen molar-refractivity contribution in [3.8, 4) is 0 Å². The van der Waals surface area contributed by atoms with Crippen molar-refractivity contribution in [3.05, 3.63) is 41.8 Å². The van der Waals surface area contributed by atoms with Crippen molar-refractivity contribution in [1.82, 2.24) is 20.2 Å². The number of H-pyrrole nitrogens is 1. The highest BCUT2D eigenvalue weighted by Crippen LogP contribution is 2.19. The molecule has 7 heteroatoms. The highest BCUT2D eigenvalue weighted by atomic mass is 19.1. The van der Waals surface area contributed by atoms with Crippen LogP contribution in [0.1, 0.15) is 5.56 Å². The zero-order valence-corrected chi connectivity index (χ0v) is 11.5. The van der Waals surface area contributed by atoms with E-state index in [1.165, 1.54) is 12.1 Å². The number of halogens is 1. The minimum Gasteiger partial charge on any atom is -0.369 e. The summed E-state index contributed by atoms with van der Waals surface area (Å²) in [6.45, 7) is 0.687. The quantitative estimate of drug-likeness (QED) is 0.670. The highest BCUT2D eigenvalue weighted by Gasteiger charge is 2.08. The van der Waals surface area contributed by atoms with Gasteiger partial charge in [-0.2, -0.15) is 15.1 Å². The van der Waals surface area contributed by atoms with E-state index in [-0.39, 0.29) is 5.82 Å². The van der Waals surface area contributed by atoms with Crippen LogP contribution in [0.25, 0.3) is 11.0 Å². The Morgan fingerprint density at radius 2 is 2.00 bits per heavy atom. The lowest BCUT2D eigenvalue weighted by Gasteiger charge is -2.08. The number of nitrogens with one attached hydrogen (secondary N) is 3. The standard InChI is InChI=1S/C14H15FN6/c1-16-14-19-12(11-8-18-21-13(11)20-14)17-7-6-9-2-4-10(15)5-3-9/h2-5,8H,6-7H2,1H3,(H3,16,17,18,19,20,21). The molecular formula is C14H15FN6. The Bertz CT molecular complexity index is 737. The summed E-state index contributed by atoms with van der Waals surface area (Å²) in [6.07, 6.45) is 2.47. The molecule has 0 fully saturated rings. The fourth-order valence-electron chi connectivity index (χ4n) is 2.06. The molecule has 0 amide bonds. The minimum atomic E-state index is -0.221. The molecule has 2 heterocycles. The van der Waals surface area contributed by atoms with E-state index in [2.05, 4.69) is 30.8 Å². The molecule has 3 aromatic rings. The molecule has 0 aliphatic heterocycles. The SMILES string of the molecule is CNc1nc(NCCc2ccc(F)cc2)c2cn[nH]c2n1. The number of hydrogen-bond donors (Lipinski definition) is 3. The van der Waals surface area contributed by atoms with Gasteiger partial charge in [-0.3, -0.25) is 5.10 Å². The highest BCUT2D eigenvalue weighted by molar-refractivity contribution is 5.86. The lowest BCUT2D eigenvalue weighted by atomic mass is 10.1. The molecule has 6 nitrogen and oxygen atoms in total. The summed E-state index contributed by atoms with van der Waals surface area (Å²) in [5.41, 5.74) is 1.74. The van der Waals surface area contributed by atoms with Gasteiger partial charge in [0.15, 0.2) is 5.65 Å². The summed E-state index contributed by atoms with van der Waals surface area (Å²) in [5, 5.41) is 13.8. The lowest BCUT2D eigenvalue weighted by molar-refractivity contribution is 0.627. The number of aromatic nitrogens is 4. The van der Waals surface area contributed by atoms with Gasteiger partial charge in [0.05, 0.1) is 11.6 Å². The van der Waals surface area contributed by atoms with Gasteiger partial charge >= 0.3 is 0 Å². The van der Waals surface area contributed by atoms with Crippen LogP contribution < -0.4 is 10.6 Å². The monoisotopic (exact) mass is 286 g/mol. The largest absolute Gasteiger partial charge is 0.369 e. The maximum Gasteiger partial charge on any atom is 0.226 e. The lowest BCUT2D eigenvalue weighted by Crippen LogP contribution is -2.08. The van der Waals surface area contributed by atoms with Crippen LogP contribution in [0, 0.1) is 5.82 Å². The Hall–Kier alpha value is -2.70. The number of benzene rings is 1. The Labute approximate surface area is 120 Å². The van der Waals surface area contributed by atoms with E-state index in [1.807, 2.05) is 0 Å². The first-order valence-electron chi connectivity index (χ1n) is 6.63. The summed E-state index contributed by atoms with van der Waals surface area (Å²) in [6, 6.07) is 6.49. The van der Waals surface area contributed by atoms with E-state index in [1.54, 1.807) is 25.4 Å². The second-order valence-corrected chi connectivity index (χ2v) is 4.58. The van der Waals surface area contributed by atoms with E-state index < -0.39 is 0 Å². The maximum absolute atomic E-state index is 12.8. The number of nitrogens with zero attached hydrogens (tertiary/aromatic N) is 3. The number of fused-ring (bicyclic) bond motifs is 1. The third-order valence-electron chi connectivity index (χ3n) is 3.15. The predicted molar refractivity (Wildman–Crippen MR) is 79.8 cm³/mol. The first kappa shape index (κ1) is 13.3. The zero-order chi connectivity index (χ0) is 14.7. The van der Waals surface area contributed by atoms with Gasteiger partial charge in [0.1, 0.15) is 11.6 Å². The average Bonchev–Trinajstić information content (AvgIpc) is 2.97. The summed E-state index contributed by atoms with van der Waals surface area (Å²) in [4.78, 5) is 8.65. The second kappa shape index (κ2) is 5.74. The van der Waals surface area contributed by atoms with E-state index >= 15 is 0 Å². The predicted octanol–water partition coefficient (Wildman–Crippen LogP) is 2.19. The van der Waals surface area contributed by atoms with E-state index in [0.29, 0.717) is 18.1 Å². The van der Waals surface area contributed by atoms with Crippen molar-refractivity contribution in [2.45, 2.75) is 6.42 Å². The number of hydrogen-bond acceptors (Lipinski definition) is 5. The molecule has 0 bridgehead atoms. The summed E-state index contributed by atoms with van der Waals surface area (Å²) in [5.74, 6) is 1.03. The van der Waals surface area contributed by atoms with Gasteiger partial charge in [0.2, 0.25) is 5.95 Å². The number of aromatic amines is 1. The van der Waals surface area contributed by atoms with Crippen LogP contribution in [-0.2, 0) is 6.42 Å². The van der Waals surface area contributed by atoms with E-state index in [9.17, 15) is 4.39 Å². The van der Waals surface area contributed by atoms with Gasteiger partial charge in [-0.1, -0.05) is 12.1 Å². The molecule has 0 aliphatic carbocycles. The Balaban J connectivity index is 1.72. The fourth-order valence-corrected chi connectivity index (χ4v) is 2.06. The molecule has 3 rings (SSSR count). The normalized spacial score (nSPS) is 10.8. The van der Waals surface area contributed by atoms with Crippen LogP contribution in [0.4, 0.5) is 16.2 Å². The molecule has 0 saturated carbocycles. The molecule has 2 aromatic heterocycles. The average molecular weight is 286 g/mol. The van der Waals surface area contributed by atoms with Gasteiger partial charge in [0.25, 0.3) is 0 Å². The van der Waals surface area contributed by atoms with Crippen LogP contribution >= 0.6 is 0 Å². The third-order valence-corrected chi connectivity index (χ3v) is 3.15. The second-order valence-electron chi connectivity index (χ2n) is 4.58. The van der Waals surface area contributed by atoms with Crippen LogP contribution in [0.2, 0.25) is 0 Å². The van der Waals surface area contributed by atoms with Gasteiger partial charge in [0, 0.05) is 13.6 Å². The molecule has 1 aromatic carbocycles. The van der Waals surface area contributed by atoms with Crippen LogP contribution in [0.5, 0.6) is 0 Å². The summed E-state index contributed by atoms with van der Waals surface area (Å²) in [7, 11) is 1.76. The van der Waals surface area contributed by atoms with Gasteiger partial charge < -0.3 is 10.6 Å². The summed E-state index contributed by atoms with van der Waals surface area (Å²) >= 11 is 0. The molecule has 0 aliphatic rings. The smallest absolute Gasteiger partial charge is 0.226 e. The molecule has 3 N–H and O–H groups in total. The van der Waals surface area contributed by atoms with Crippen molar-refractivity contribution >= 4 is 22.8 Å². The van der Waals surface area contributed by atoms with Crippen molar-refractivity contribution in [2.24, 2.45) is 0 Å².